The molecule has 4 nitrogen and oxygen atoms in total. The van der Waals surface area contributed by atoms with Crippen molar-refractivity contribution < 1.29 is 14.7 Å². The van der Waals surface area contributed by atoms with Gasteiger partial charge in [0.25, 0.3) is 0 Å². The number of fused-ring (bicyclic) bond motifs is 2. The number of hydrogen-bond acceptors (Lipinski definition) is 2. The molecule has 1 aromatic carbocycles. The lowest BCUT2D eigenvalue weighted by molar-refractivity contribution is -0.137. The molecule has 0 bridgehead atoms. The monoisotopic (exact) mass is 287 g/mol. The van der Waals surface area contributed by atoms with Crippen LogP contribution < -0.4 is 5.32 Å². The quantitative estimate of drug-likeness (QED) is 0.789. The second-order valence-electron chi connectivity index (χ2n) is 6.21. The van der Waals surface area contributed by atoms with E-state index in [4.69, 9.17) is 5.11 Å². The third-order valence-corrected chi connectivity index (χ3v) is 4.90. The fraction of sp³-hybridized carbons (Fsp3) is 0.529. The Balaban J connectivity index is 1.49. The summed E-state index contributed by atoms with van der Waals surface area (Å²) in [6, 6.07) is 8.47. The lowest BCUT2D eigenvalue weighted by Gasteiger charge is -2.11. The number of unbranched alkanes of at least 4 members (excludes halogenated alkanes) is 1. The number of rotatable bonds is 6. The highest BCUT2D eigenvalue weighted by Gasteiger charge is 2.61. The van der Waals surface area contributed by atoms with Crippen LogP contribution in [0.3, 0.4) is 0 Å². The largest absolute Gasteiger partial charge is 0.481 e. The van der Waals surface area contributed by atoms with Crippen molar-refractivity contribution in [2.45, 2.75) is 43.9 Å². The Morgan fingerprint density at radius 2 is 2.10 bits per heavy atom. The summed E-state index contributed by atoms with van der Waals surface area (Å²) < 4.78 is 0. The van der Waals surface area contributed by atoms with Crippen LogP contribution in [0, 0.1) is 5.92 Å². The zero-order valence-electron chi connectivity index (χ0n) is 12.1. The normalized spacial score (nSPS) is 25.6. The molecule has 112 valence electrons. The Bertz CT molecular complexity index is 569. The third-order valence-electron chi connectivity index (χ3n) is 4.90. The fourth-order valence-electron chi connectivity index (χ4n) is 3.68. The molecule has 3 rings (SSSR count). The SMILES string of the molecule is O=C(O)CCCCNC(=O)C1CC12CCc1ccccc12. The number of nitrogens with one attached hydrogen (secondary N) is 1. The smallest absolute Gasteiger partial charge is 0.303 e. The number of benzene rings is 1. The standard InChI is InChI=1S/C17H21NO3/c19-15(20)7-3-4-10-18-16(21)14-11-17(14)9-8-12-5-1-2-6-13(12)17/h1-2,5-6,14H,3-4,7-11H2,(H,18,21)(H,19,20). The molecule has 21 heavy (non-hydrogen) atoms. The van der Waals surface area contributed by atoms with E-state index in [0.717, 1.165) is 25.7 Å². The molecule has 0 aromatic heterocycles. The summed E-state index contributed by atoms with van der Waals surface area (Å²) in [5, 5.41) is 11.5. The van der Waals surface area contributed by atoms with Crippen molar-refractivity contribution in [3.8, 4) is 0 Å². The van der Waals surface area contributed by atoms with Crippen molar-refractivity contribution in [1.82, 2.24) is 5.32 Å². The van der Waals surface area contributed by atoms with Crippen molar-refractivity contribution in [1.29, 1.82) is 0 Å². The summed E-state index contributed by atoms with van der Waals surface area (Å²) in [4.78, 5) is 22.7. The van der Waals surface area contributed by atoms with Gasteiger partial charge in [-0.1, -0.05) is 24.3 Å². The van der Waals surface area contributed by atoms with Crippen molar-refractivity contribution in [3.63, 3.8) is 0 Å². The van der Waals surface area contributed by atoms with Gasteiger partial charge in [0, 0.05) is 24.3 Å². The molecular formula is C17H21NO3. The molecule has 2 N–H and O–H groups in total. The summed E-state index contributed by atoms with van der Waals surface area (Å²) in [7, 11) is 0. The zero-order valence-corrected chi connectivity index (χ0v) is 12.1. The number of aryl methyl sites for hydroxylation is 1. The van der Waals surface area contributed by atoms with E-state index >= 15 is 0 Å². The van der Waals surface area contributed by atoms with E-state index in [9.17, 15) is 9.59 Å². The van der Waals surface area contributed by atoms with E-state index in [1.807, 2.05) is 0 Å². The summed E-state index contributed by atoms with van der Waals surface area (Å²) >= 11 is 0. The number of amides is 1. The average Bonchev–Trinajstić information content (AvgIpc) is 3.08. The Labute approximate surface area is 124 Å². The minimum absolute atomic E-state index is 0.0989. The fourth-order valence-corrected chi connectivity index (χ4v) is 3.68. The number of carbonyl (C=O) groups excluding carboxylic acids is 1. The lowest BCUT2D eigenvalue weighted by Crippen LogP contribution is -2.28. The molecule has 2 unspecified atom stereocenters. The van der Waals surface area contributed by atoms with Crippen LogP contribution in [0.5, 0.6) is 0 Å². The van der Waals surface area contributed by atoms with Crippen LogP contribution in [0.4, 0.5) is 0 Å². The summed E-state index contributed by atoms with van der Waals surface area (Å²) in [6.45, 7) is 0.584. The molecule has 2 atom stereocenters. The number of carbonyl (C=O) groups is 2. The summed E-state index contributed by atoms with van der Waals surface area (Å²) in [5.41, 5.74) is 2.87. The lowest BCUT2D eigenvalue weighted by atomic mass is 9.95. The molecular weight excluding hydrogens is 266 g/mol. The van der Waals surface area contributed by atoms with Gasteiger partial charge in [-0.25, -0.2) is 0 Å². The third kappa shape index (κ3) is 2.67. The van der Waals surface area contributed by atoms with E-state index in [1.165, 1.54) is 11.1 Å². The predicted octanol–water partition coefficient (Wildman–Crippen LogP) is 2.26. The Hall–Kier alpha value is -1.84. The summed E-state index contributed by atoms with van der Waals surface area (Å²) in [5.74, 6) is -0.521. The number of carboxylic acids is 1. The maximum absolute atomic E-state index is 12.2. The molecule has 1 fully saturated rings. The number of aliphatic carboxylic acids is 1. The van der Waals surface area contributed by atoms with Crippen LogP contribution in [-0.4, -0.2) is 23.5 Å². The van der Waals surface area contributed by atoms with Crippen molar-refractivity contribution in [2.75, 3.05) is 6.54 Å². The van der Waals surface area contributed by atoms with Gasteiger partial charge in [-0.3, -0.25) is 9.59 Å². The van der Waals surface area contributed by atoms with E-state index in [2.05, 4.69) is 29.6 Å². The van der Waals surface area contributed by atoms with E-state index in [-0.39, 0.29) is 23.7 Å². The van der Waals surface area contributed by atoms with Gasteiger partial charge >= 0.3 is 5.97 Å². The number of carboxylic acid groups (broad SMARTS) is 1. The van der Waals surface area contributed by atoms with Crippen LogP contribution in [0.25, 0.3) is 0 Å². The highest BCUT2D eigenvalue weighted by Crippen LogP contribution is 2.61. The van der Waals surface area contributed by atoms with Crippen molar-refractivity contribution >= 4 is 11.9 Å². The highest BCUT2D eigenvalue weighted by molar-refractivity contribution is 5.85. The van der Waals surface area contributed by atoms with Crippen LogP contribution in [0.1, 0.15) is 43.2 Å². The molecule has 1 spiro atoms. The maximum atomic E-state index is 12.2. The molecule has 1 saturated carbocycles. The predicted molar refractivity (Wildman–Crippen MR) is 79.0 cm³/mol. The number of hydrogen-bond donors (Lipinski definition) is 2. The Morgan fingerprint density at radius 3 is 2.90 bits per heavy atom. The van der Waals surface area contributed by atoms with E-state index in [1.54, 1.807) is 0 Å². The van der Waals surface area contributed by atoms with E-state index < -0.39 is 5.97 Å². The molecule has 0 radical (unpaired) electrons. The molecule has 4 heteroatoms. The van der Waals surface area contributed by atoms with E-state index in [0.29, 0.717) is 13.0 Å². The molecule has 1 amide bonds. The Kier molecular flexibility index (Phi) is 3.70. The molecule has 0 aliphatic heterocycles. The molecule has 0 saturated heterocycles. The molecule has 0 heterocycles. The van der Waals surface area contributed by atoms with Gasteiger partial charge in [0.15, 0.2) is 0 Å². The summed E-state index contributed by atoms with van der Waals surface area (Å²) in [6.07, 6.45) is 4.66. The first-order chi connectivity index (χ1) is 10.1. The van der Waals surface area contributed by atoms with Gasteiger partial charge < -0.3 is 10.4 Å². The second kappa shape index (κ2) is 5.51. The van der Waals surface area contributed by atoms with Gasteiger partial charge in [0.1, 0.15) is 0 Å². The molecule has 2 aliphatic carbocycles. The highest BCUT2D eigenvalue weighted by atomic mass is 16.4. The maximum Gasteiger partial charge on any atom is 0.303 e. The van der Waals surface area contributed by atoms with Crippen LogP contribution in [0.15, 0.2) is 24.3 Å². The average molecular weight is 287 g/mol. The minimum Gasteiger partial charge on any atom is -0.481 e. The second-order valence-corrected chi connectivity index (χ2v) is 6.21. The van der Waals surface area contributed by atoms with Gasteiger partial charge in [-0.2, -0.15) is 0 Å². The van der Waals surface area contributed by atoms with Crippen LogP contribution in [-0.2, 0) is 21.4 Å². The van der Waals surface area contributed by atoms with Gasteiger partial charge in [-0.15, -0.1) is 0 Å². The van der Waals surface area contributed by atoms with Crippen LogP contribution >= 0.6 is 0 Å². The molecule has 1 aromatic rings. The van der Waals surface area contributed by atoms with Gasteiger partial charge in [0.2, 0.25) is 5.91 Å². The molecule has 2 aliphatic rings. The first kappa shape index (κ1) is 14.1. The Morgan fingerprint density at radius 1 is 1.29 bits per heavy atom. The van der Waals surface area contributed by atoms with Crippen molar-refractivity contribution in [2.24, 2.45) is 5.92 Å². The first-order valence-electron chi connectivity index (χ1n) is 7.71. The van der Waals surface area contributed by atoms with Crippen LogP contribution in [0.2, 0.25) is 0 Å². The first-order valence-corrected chi connectivity index (χ1v) is 7.71. The van der Waals surface area contributed by atoms with Crippen molar-refractivity contribution in [3.05, 3.63) is 35.4 Å². The topological polar surface area (TPSA) is 66.4 Å². The minimum atomic E-state index is -0.773. The van der Waals surface area contributed by atoms with Gasteiger partial charge in [-0.05, 0) is 43.2 Å². The zero-order chi connectivity index (χ0) is 14.9. The van der Waals surface area contributed by atoms with Gasteiger partial charge in [0.05, 0.1) is 0 Å².